The number of hydrogen-bond donors (Lipinski definition) is 2. The summed E-state index contributed by atoms with van der Waals surface area (Å²) in [5.41, 5.74) is 3.10. The molecule has 1 aromatic heterocycles. The third kappa shape index (κ3) is 4.84. The Kier molecular flexibility index (Phi) is 6.39. The van der Waals surface area contributed by atoms with Crippen LogP contribution >= 0.6 is 23.6 Å². The summed E-state index contributed by atoms with van der Waals surface area (Å²) in [5.74, 6) is -0.518. The van der Waals surface area contributed by atoms with Crippen molar-refractivity contribution in [2.24, 2.45) is 0 Å². The number of hydrogen-bond acceptors (Lipinski definition) is 7. The molecule has 0 aliphatic carbocycles. The largest absolute Gasteiger partial charge is 0.366 e. The molecular weight excluding hydrogens is 482 g/mol. The molecule has 1 fully saturated rings. The molecular formula is C25H21N5O3S2. The second-order valence-electron chi connectivity index (χ2n) is 8.10. The molecule has 0 spiro atoms. The predicted molar refractivity (Wildman–Crippen MR) is 143 cm³/mol. The van der Waals surface area contributed by atoms with Gasteiger partial charge in [-0.1, -0.05) is 24.3 Å². The lowest BCUT2D eigenvalue weighted by atomic mass is 10.1. The average molecular weight is 504 g/mol. The van der Waals surface area contributed by atoms with Gasteiger partial charge in [-0.3, -0.25) is 20.2 Å². The first kappa shape index (κ1) is 22.9. The smallest absolute Gasteiger partial charge is 0.293 e. The van der Waals surface area contributed by atoms with Crippen LogP contribution in [0.3, 0.4) is 0 Å². The van der Waals surface area contributed by atoms with Gasteiger partial charge in [0.2, 0.25) is 0 Å². The summed E-state index contributed by atoms with van der Waals surface area (Å²) in [6, 6.07) is 20.0. The van der Waals surface area contributed by atoms with E-state index in [2.05, 4.69) is 10.6 Å². The van der Waals surface area contributed by atoms with Gasteiger partial charge in [0.25, 0.3) is 11.6 Å². The molecule has 1 aliphatic heterocycles. The van der Waals surface area contributed by atoms with Crippen LogP contribution in [-0.2, 0) is 0 Å². The number of carbonyl (C=O) groups excluding carboxylic acids is 1. The first-order valence-corrected chi connectivity index (χ1v) is 12.3. The normalized spacial score (nSPS) is 13.1. The maximum atomic E-state index is 12.8. The summed E-state index contributed by atoms with van der Waals surface area (Å²) >= 11 is 6.95. The highest BCUT2D eigenvalue weighted by Gasteiger charge is 2.24. The fourth-order valence-electron chi connectivity index (χ4n) is 4.13. The molecule has 1 saturated heterocycles. The van der Waals surface area contributed by atoms with E-state index in [-0.39, 0.29) is 16.4 Å². The number of thiocarbonyl (C=S) groups is 1. The molecule has 4 aromatic rings. The number of nitro benzene ring substituents is 1. The van der Waals surface area contributed by atoms with Crippen molar-refractivity contribution in [3.05, 3.63) is 82.4 Å². The number of thiazole rings is 1. The zero-order valence-corrected chi connectivity index (χ0v) is 20.2. The monoisotopic (exact) mass is 503 g/mol. The quantitative estimate of drug-likeness (QED) is 0.208. The molecule has 1 amide bonds. The fourth-order valence-corrected chi connectivity index (χ4v) is 5.34. The number of aromatic nitrogens is 1. The molecule has 2 N–H and O–H groups in total. The lowest BCUT2D eigenvalue weighted by molar-refractivity contribution is -0.384. The molecule has 8 nitrogen and oxygen atoms in total. The second-order valence-corrected chi connectivity index (χ2v) is 9.53. The Morgan fingerprint density at radius 1 is 1.06 bits per heavy atom. The van der Waals surface area contributed by atoms with E-state index in [4.69, 9.17) is 17.2 Å². The van der Waals surface area contributed by atoms with Crippen molar-refractivity contribution in [2.75, 3.05) is 23.3 Å². The number of carbonyl (C=O) groups is 1. The van der Waals surface area contributed by atoms with Gasteiger partial charge in [-0.15, -0.1) is 11.3 Å². The summed E-state index contributed by atoms with van der Waals surface area (Å²) in [7, 11) is 0. The summed E-state index contributed by atoms with van der Waals surface area (Å²) in [5, 5.41) is 18.3. The first-order valence-electron chi connectivity index (χ1n) is 11.1. The Morgan fingerprint density at radius 2 is 1.80 bits per heavy atom. The number of para-hydroxylation sites is 2. The van der Waals surface area contributed by atoms with Crippen molar-refractivity contribution in [3.63, 3.8) is 0 Å². The van der Waals surface area contributed by atoms with Crippen LogP contribution in [0.15, 0.2) is 66.7 Å². The number of nitrogens with one attached hydrogen (secondary N) is 2. The Bertz CT molecular complexity index is 1410. The lowest BCUT2D eigenvalue weighted by Crippen LogP contribution is -2.34. The Labute approximate surface area is 210 Å². The average Bonchev–Trinajstić information content (AvgIpc) is 3.54. The van der Waals surface area contributed by atoms with Gasteiger partial charge < -0.3 is 10.2 Å². The van der Waals surface area contributed by atoms with Gasteiger partial charge in [0.1, 0.15) is 10.7 Å². The van der Waals surface area contributed by atoms with Crippen LogP contribution in [0.25, 0.3) is 20.8 Å². The van der Waals surface area contributed by atoms with Gasteiger partial charge in [-0.05, 0) is 61.5 Å². The first-order chi connectivity index (χ1) is 17.0. The molecule has 0 atom stereocenters. The van der Waals surface area contributed by atoms with Crippen molar-refractivity contribution in [1.29, 1.82) is 0 Å². The Hall–Kier alpha value is -3.89. The van der Waals surface area contributed by atoms with E-state index in [0.29, 0.717) is 11.4 Å². The number of fused-ring (bicyclic) bond motifs is 1. The molecule has 0 radical (unpaired) electrons. The molecule has 0 bridgehead atoms. The molecule has 10 heteroatoms. The third-order valence-electron chi connectivity index (χ3n) is 5.81. The van der Waals surface area contributed by atoms with E-state index in [0.717, 1.165) is 46.7 Å². The summed E-state index contributed by atoms with van der Waals surface area (Å²) in [6.07, 6.45) is 2.00. The van der Waals surface area contributed by atoms with Gasteiger partial charge in [-0.25, -0.2) is 4.98 Å². The third-order valence-corrected chi connectivity index (χ3v) is 7.08. The van der Waals surface area contributed by atoms with Crippen LogP contribution in [-0.4, -0.2) is 34.0 Å². The summed E-state index contributed by atoms with van der Waals surface area (Å²) in [4.78, 5) is 30.7. The maximum Gasteiger partial charge on any atom is 0.293 e. The standard InChI is InChI=1S/C25H21N5O3S2/c31-23(16-11-12-20(21(15-16)30(32)33)29-13-5-6-14-29)28-25(34)27-18-8-2-1-7-17(18)24-26-19-9-3-4-10-22(19)35-24/h1-4,7-12,15H,5-6,13-14H2,(H2,27,28,31,34). The predicted octanol–water partition coefficient (Wildman–Crippen LogP) is 5.60. The number of rotatable bonds is 5. The topological polar surface area (TPSA) is 100 Å². The highest BCUT2D eigenvalue weighted by Crippen LogP contribution is 2.34. The van der Waals surface area contributed by atoms with Crippen molar-refractivity contribution in [2.45, 2.75) is 12.8 Å². The zero-order chi connectivity index (χ0) is 24.4. The number of anilines is 2. The molecule has 176 valence electrons. The maximum absolute atomic E-state index is 12.8. The molecule has 1 aliphatic rings. The summed E-state index contributed by atoms with van der Waals surface area (Å²) < 4.78 is 1.08. The highest BCUT2D eigenvalue weighted by molar-refractivity contribution is 7.80. The number of amides is 1. The van der Waals surface area contributed by atoms with E-state index >= 15 is 0 Å². The van der Waals surface area contributed by atoms with Crippen LogP contribution in [0, 0.1) is 10.1 Å². The minimum atomic E-state index is -0.518. The second kappa shape index (κ2) is 9.77. The van der Waals surface area contributed by atoms with E-state index in [1.165, 1.54) is 6.07 Å². The van der Waals surface area contributed by atoms with Crippen LogP contribution in [0.2, 0.25) is 0 Å². The summed E-state index contributed by atoms with van der Waals surface area (Å²) in [6.45, 7) is 1.54. The van der Waals surface area contributed by atoms with Crippen LogP contribution in [0.5, 0.6) is 0 Å². The van der Waals surface area contributed by atoms with Gasteiger partial charge in [0.05, 0.1) is 20.8 Å². The van der Waals surface area contributed by atoms with Crippen LogP contribution < -0.4 is 15.5 Å². The number of nitro groups is 1. The molecule has 3 aromatic carbocycles. The van der Waals surface area contributed by atoms with E-state index in [1.807, 2.05) is 53.4 Å². The Morgan fingerprint density at radius 3 is 2.57 bits per heavy atom. The van der Waals surface area contributed by atoms with Crippen LogP contribution in [0.4, 0.5) is 17.1 Å². The molecule has 2 heterocycles. The van der Waals surface area contributed by atoms with Crippen molar-refractivity contribution < 1.29 is 9.72 Å². The number of nitrogens with zero attached hydrogens (tertiary/aromatic N) is 3. The van der Waals surface area contributed by atoms with Gasteiger partial charge in [-0.2, -0.15) is 0 Å². The van der Waals surface area contributed by atoms with Crippen molar-refractivity contribution >= 4 is 61.9 Å². The van der Waals surface area contributed by atoms with Gasteiger partial charge in [0.15, 0.2) is 5.11 Å². The van der Waals surface area contributed by atoms with Crippen LogP contribution in [0.1, 0.15) is 23.2 Å². The Balaban J connectivity index is 1.33. The minimum absolute atomic E-state index is 0.0837. The number of benzene rings is 3. The molecule has 35 heavy (non-hydrogen) atoms. The van der Waals surface area contributed by atoms with E-state index in [1.54, 1.807) is 23.5 Å². The minimum Gasteiger partial charge on any atom is -0.366 e. The van der Waals surface area contributed by atoms with Gasteiger partial charge in [0, 0.05) is 30.3 Å². The fraction of sp³-hybridized carbons (Fsp3) is 0.160. The van der Waals surface area contributed by atoms with Crippen molar-refractivity contribution in [3.8, 4) is 10.6 Å². The molecule has 0 saturated carbocycles. The molecule has 5 rings (SSSR count). The van der Waals surface area contributed by atoms with E-state index < -0.39 is 10.8 Å². The van der Waals surface area contributed by atoms with Gasteiger partial charge >= 0.3 is 0 Å². The highest BCUT2D eigenvalue weighted by atomic mass is 32.1. The lowest BCUT2D eigenvalue weighted by Gasteiger charge is -2.18. The van der Waals surface area contributed by atoms with E-state index in [9.17, 15) is 14.9 Å². The van der Waals surface area contributed by atoms with Crippen molar-refractivity contribution in [1.82, 2.24) is 10.3 Å². The molecule has 0 unspecified atom stereocenters. The zero-order valence-electron chi connectivity index (χ0n) is 18.6. The SMILES string of the molecule is O=C(NC(=S)Nc1ccccc1-c1nc2ccccc2s1)c1ccc(N2CCCC2)c([N+](=O)[O-])c1.